The fourth-order valence-electron chi connectivity index (χ4n) is 4.27. The number of H-pyrrole nitrogens is 1. The maximum atomic E-state index is 9.76. The maximum absolute atomic E-state index is 9.76. The molecular weight excluding hydrogens is 391 g/mol. The average Bonchev–Trinajstić information content (AvgIpc) is 3.20. The Morgan fingerprint density at radius 3 is 3.12 bits per heavy atom. The minimum Gasteiger partial charge on any atom is -0.423 e. The highest BCUT2D eigenvalue weighted by Gasteiger charge is 2.27. The lowest BCUT2D eigenvalue weighted by Crippen LogP contribution is -2.28. The predicted molar refractivity (Wildman–Crippen MR) is 107 cm³/mol. The first-order valence-corrected chi connectivity index (χ1v) is 9.93. The van der Waals surface area contributed by atoms with Crippen LogP contribution >= 0.6 is 15.9 Å². The molecule has 6 heteroatoms. The Morgan fingerprint density at radius 1 is 1.27 bits per heavy atom. The third kappa shape index (κ3) is 2.81. The van der Waals surface area contributed by atoms with Gasteiger partial charge in [0.2, 0.25) is 0 Å². The molecule has 1 aliphatic heterocycles. The van der Waals surface area contributed by atoms with Gasteiger partial charge in [-0.05, 0) is 59.6 Å². The van der Waals surface area contributed by atoms with Crippen LogP contribution in [0, 0.1) is 0 Å². The van der Waals surface area contributed by atoms with Crippen molar-refractivity contribution in [3.63, 3.8) is 0 Å². The second-order valence-corrected chi connectivity index (χ2v) is 8.15. The summed E-state index contributed by atoms with van der Waals surface area (Å²) in [5.41, 5.74) is 7.23. The molecule has 132 valence electrons. The number of fused-ring (bicyclic) bond motifs is 4. The SMILES string of the molecule is OB1OCc2cc(CN[C@@H]3CCCc4c3[nH]c3ccc(Br)cc43)ccc21. The molecular formula is C20H20BBrN2O2. The fraction of sp³-hybridized carbons (Fsp3) is 0.300. The third-order valence-electron chi connectivity index (χ3n) is 5.59. The summed E-state index contributed by atoms with van der Waals surface area (Å²) in [6.45, 7) is 1.31. The van der Waals surface area contributed by atoms with Gasteiger partial charge in [-0.1, -0.05) is 34.1 Å². The van der Waals surface area contributed by atoms with Gasteiger partial charge >= 0.3 is 7.12 Å². The number of hydrogen-bond donors (Lipinski definition) is 3. The molecule has 2 heterocycles. The molecule has 0 unspecified atom stereocenters. The zero-order valence-electron chi connectivity index (χ0n) is 14.4. The summed E-state index contributed by atoms with van der Waals surface area (Å²) >= 11 is 3.59. The first kappa shape index (κ1) is 16.6. The second-order valence-electron chi connectivity index (χ2n) is 7.23. The monoisotopic (exact) mass is 410 g/mol. The molecule has 0 bridgehead atoms. The van der Waals surface area contributed by atoms with Gasteiger partial charge in [0, 0.05) is 33.7 Å². The lowest BCUT2D eigenvalue weighted by atomic mass is 9.79. The Morgan fingerprint density at radius 2 is 2.19 bits per heavy atom. The van der Waals surface area contributed by atoms with Crippen molar-refractivity contribution in [2.45, 2.75) is 38.5 Å². The highest BCUT2D eigenvalue weighted by molar-refractivity contribution is 9.10. The molecule has 26 heavy (non-hydrogen) atoms. The quantitative estimate of drug-likeness (QED) is 0.580. The van der Waals surface area contributed by atoms with Crippen LogP contribution in [0.15, 0.2) is 40.9 Å². The summed E-state index contributed by atoms with van der Waals surface area (Å²) in [7, 11) is -0.765. The summed E-state index contributed by atoms with van der Waals surface area (Å²) in [5, 5.41) is 14.8. The van der Waals surface area contributed by atoms with Crippen LogP contribution < -0.4 is 10.8 Å². The molecule has 0 fully saturated rings. The van der Waals surface area contributed by atoms with E-state index in [9.17, 15) is 5.02 Å². The summed E-state index contributed by atoms with van der Waals surface area (Å²) in [4.78, 5) is 3.64. The lowest BCUT2D eigenvalue weighted by molar-refractivity contribution is 0.275. The molecule has 2 aliphatic rings. The Labute approximate surface area is 161 Å². The van der Waals surface area contributed by atoms with E-state index in [-0.39, 0.29) is 0 Å². The number of aryl methyl sites for hydroxylation is 1. The van der Waals surface area contributed by atoms with E-state index < -0.39 is 7.12 Å². The summed E-state index contributed by atoms with van der Waals surface area (Å²) < 4.78 is 6.42. The molecule has 0 saturated carbocycles. The van der Waals surface area contributed by atoms with Crippen LogP contribution in [0.1, 0.15) is 41.3 Å². The number of benzene rings is 2. The van der Waals surface area contributed by atoms with E-state index in [0.29, 0.717) is 12.6 Å². The zero-order chi connectivity index (χ0) is 17.7. The van der Waals surface area contributed by atoms with Gasteiger partial charge in [-0.15, -0.1) is 0 Å². The van der Waals surface area contributed by atoms with Gasteiger partial charge in [0.25, 0.3) is 0 Å². The normalized spacial score (nSPS) is 19.0. The smallest absolute Gasteiger partial charge is 0.423 e. The Hall–Kier alpha value is -1.60. The number of nitrogens with one attached hydrogen (secondary N) is 2. The highest BCUT2D eigenvalue weighted by Crippen LogP contribution is 2.36. The van der Waals surface area contributed by atoms with E-state index in [4.69, 9.17) is 4.65 Å². The number of aromatic nitrogens is 1. The standard InChI is InChI=1S/C20H20BBrN2O2/c22-14-5-7-18-16(9-14)15-2-1-3-19(20(15)24-18)23-10-12-4-6-17-13(8-12)11-26-21(17)25/h4-9,19,23-25H,1-3,10-11H2/t19-/m1/s1. The van der Waals surface area contributed by atoms with Crippen molar-refractivity contribution in [3.05, 3.63) is 63.3 Å². The van der Waals surface area contributed by atoms with Crippen LogP contribution in [0.25, 0.3) is 10.9 Å². The molecule has 1 aliphatic carbocycles. The Balaban J connectivity index is 1.39. The Bertz CT molecular complexity index is 987. The van der Waals surface area contributed by atoms with E-state index in [0.717, 1.165) is 34.9 Å². The molecule has 4 nitrogen and oxygen atoms in total. The van der Waals surface area contributed by atoms with Crippen LogP contribution in [0.5, 0.6) is 0 Å². The van der Waals surface area contributed by atoms with E-state index in [1.807, 2.05) is 6.07 Å². The largest absolute Gasteiger partial charge is 0.491 e. The zero-order valence-corrected chi connectivity index (χ0v) is 16.0. The first-order chi connectivity index (χ1) is 12.7. The van der Waals surface area contributed by atoms with Crippen molar-refractivity contribution in [2.75, 3.05) is 0 Å². The predicted octanol–water partition coefficient (Wildman–Crippen LogP) is 3.32. The second kappa shape index (κ2) is 6.53. The van der Waals surface area contributed by atoms with Crippen LogP contribution in [0.4, 0.5) is 0 Å². The van der Waals surface area contributed by atoms with Crippen molar-refractivity contribution >= 4 is 39.4 Å². The molecule has 1 atom stereocenters. The highest BCUT2D eigenvalue weighted by atomic mass is 79.9. The van der Waals surface area contributed by atoms with Gasteiger partial charge in [0.05, 0.1) is 6.61 Å². The minimum atomic E-state index is -0.765. The van der Waals surface area contributed by atoms with Crippen LogP contribution in [0.3, 0.4) is 0 Å². The molecule has 0 saturated heterocycles. The summed E-state index contributed by atoms with van der Waals surface area (Å²) in [6, 6.07) is 13.0. The van der Waals surface area contributed by atoms with Crippen LogP contribution in [0.2, 0.25) is 0 Å². The fourth-order valence-corrected chi connectivity index (χ4v) is 4.63. The van der Waals surface area contributed by atoms with Crippen molar-refractivity contribution in [2.24, 2.45) is 0 Å². The summed E-state index contributed by atoms with van der Waals surface area (Å²) in [5.74, 6) is 0. The maximum Gasteiger partial charge on any atom is 0.491 e. The molecule has 0 amide bonds. The topological polar surface area (TPSA) is 57.3 Å². The molecule has 3 N–H and O–H groups in total. The average molecular weight is 411 g/mol. The van der Waals surface area contributed by atoms with Gasteiger partial charge in [-0.3, -0.25) is 0 Å². The summed E-state index contributed by atoms with van der Waals surface area (Å²) in [6.07, 6.45) is 3.49. The molecule has 2 aromatic carbocycles. The minimum absolute atomic E-state index is 0.347. The molecule has 0 radical (unpaired) electrons. The van der Waals surface area contributed by atoms with Crippen LogP contribution in [-0.4, -0.2) is 17.1 Å². The Kier molecular flexibility index (Phi) is 4.16. The number of aromatic amines is 1. The first-order valence-electron chi connectivity index (χ1n) is 9.14. The van der Waals surface area contributed by atoms with E-state index in [1.54, 1.807) is 0 Å². The van der Waals surface area contributed by atoms with Gasteiger partial charge in [0.1, 0.15) is 0 Å². The molecule has 3 aromatic rings. The van der Waals surface area contributed by atoms with Crippen LogP contribution in [-0.2, 0) is 24.2 Å². The van der Waals surface area contributed by atoms with Gasteiger partial charge < -0.3 is 20.0 Å². The lowest BCUT2D eigenvalue weighted by Gasteiger charge is -2.24. The van der Waals surface area contributed by atoms with Crippen molar-refractivity contribution < 1.29 is 9.68 Å². The van der Waals surface area contributed by atoms with Crippen molar-refractivity contribution in [1.29, 1.82) is 0 Å². The van der Waals surface area contributed by atoms with E-state index in [2.05, 4.69) is 56.6 Å². The number of hydrogen-bond acceptors (Lipinski definition) is 3. The van der Waals surface area contributed by atoms with E-state index in [1.165, 1.54) is 34.1 Å². The molecule has 1 aromatic heterocycles. The third-order valence-corrected chi connectivity index (χ3v) is 6.09. The van der Waals surface area contributed by atoms with Gasteiger partial charge in [-0.25, -0.2) is 0 Å². The number of rotatable bonds is 3. The number of halogens is 1. The van der Waals surface area contributed by atoms with Crippen molar-refractivity contribution in [1.82, 2.24) is 10.3 Å². The van der Waals surface area contributed by atoms with Gasteiger partial charge in [0.15, 0.2) is 0 Å². The van der Waals surface area contributed by atoms with Crippen molar-refractivity contribution in [3.8, 4) is 0 Å². The van der Waals surface area contributed by atoms with E-state index >= 15 is 0 Å². The molecule has 5 rings (SSSR count). The molecule has 0 spiro atoms. The van der Waals surface area contributed by atoms with Gasteiger partial charge in [-0.2, -0.15) is 0 Å².